The molecule has 2 heterocycles. The molecule has 2 fully saturated rings. The molecule has 1 aliphatic heterocycles. The van der Waals surface area contributed by atoms with Crippen molar-refractivity contribution >= 4 is 11.9 Å². The van der Waals surface area contributed by atoms with E-state index >= 15 is 0 Å². The van der Waals surface area contributed by atoms with Crippen LogP contribution in [0.1, 0.15) is 44.2 Å². The summed E-state index contributed by atoms with van der Waals surface area (Å²) in [6.45, 7) is 2.14. The first-order valence-corrected chi connectivity index (χ1v) is 9.46. The Labute approximate surface area is 153 Å². The SMILES string of the molecule is CN(Cc1cc(=O)[nH]c(N)n1)[C@H]1CCN(C(=O)COC2CCCCC2)C1. The van der Waals surface area contributed by atoms with Crippen LogP contribution < -0.4 is 11.3 Å². The number of carbonyl (C=O) groups excluding carboxylic acids is 1. The van der Waals surface area contributed by atoms with Gasteiger partial charge in [0.2, 0.25) is 11.9 Å². The van der Waals surface area contributed by atoms with Crippen LogP contribution in [-0.2, 0) is 16.1 Å². The second-order valence-electron chi connectivity index (χ2n) is 7.39. The molecular formula is C18H29N5O3. The number of aromatic nitrogens is 2. The van der Waals surface area contributed by atoms with Crippen LogP contribution in [0.4, 0.5) is 5.95 Å². The molecule has 1 aliphatic carbocycles. The lowest BCUT2D eigenvalue weighted by Crippen LogP contribution is -2.38. The van der Waals surface area contributed by atoms with Crippen molar-refractivity contribution in [2.75, 3.05) is 32.5 Å². The first kappa shape index (κ1) is 18.8. The van der Waals surface area contributed by atoms with E-state index in [-0.39, 0.29) is 36.2 Å². The summed E-state index contributed by atoms with van der Waals surface area (Å²) < 4.78 is 5.81. The Bertz CT molecular complexity index is 671. The smallest absolute Gasteiger partial charge is 0.252 e. The van der Waals surface area contributed by atoms with Crippen molar-refractivity contribution in [2.24, 2.45) is 0 Å². The molecule has 1 saturated heterocycles. The fraction of sp³-hybridized carbons (Fsp3) is 0.722. The fourth-order valence-electron chi connectivity index (χ4n) is 3.83. The van der Waals surface area contributed by atoms with Gasteiger partial charge in [-0.3, -0.25) is 19.5 Å². The van der Waals surface area contributed by atoms with Gasteiger partial charge in [-0.25, -0.2) is 4.98 Å². The minimum Gasteiger partial charge on any atom is -0.369 e. The second-order valence-corrected chi connectivity index (χ2v) is 7.39. The van der Waals surface area contributed by atoms with Gasteiger partial charge in [0.05, 0.1) is 11.8 Å². The number of H-pyrrole nitrogens is 1. The standard InChI is InChI=1S/C18H29N5O3/c1-22(10-13-9-16(24)21-18(19)20-13)14-7-8-23(11-14)17(25)12-26-15-5-3-2-4-6-15/h9,14-15H,2-8,10-12H2,1H3,(H3,19,20,21,24)/t14-/m0/s1. The molecule has 2 aliphatic rings. The van der Waals surface area contributed by atoms with Gasteiger partial charge in [-0.15, -0.1) is 0 Å². The molecule has 1 amide bonds. The number of likely N-dealkylation sites (tertiary alicyclic amines) is 1. The Balaban J connectivity index is 1.46. The molecule has 0 bridgehead atoms. The van der Waals surface area contributed by atoms with E-state index in [1.54, 1.807) is 0 Å². The van der Waals surface area contributed by atoms with Crippen LogP contribution >= 0.6 is 0 Å². The highest BCUT2D eigenvalue weighted by Crippen LogP contribution is 2.21. The zero-order valence-electron chi connectivity index (χ0n) is 15.4. The summed E-state index contributed by atoms with van der Waals surface area (Å²) in [4.78, 5) is 34.5. The van der Waals surface area contributed by atoms with Gasteiger partial charge in [-0.05, 0) is 26.3 Å². The third-order valence-corrected chi connectivity index (χ3v) is 5.36. The van der Waals surface area contributed by atoms with Gasteiger partial charge < -0.3 is 15.4 Å². The maximum Gasteiger partial charge on any atom is 0.252 e. The average molecular weight is 363 g/mol. The van der Waals surface area contributed by atoms with Crippen molar-refractivity contribution in [3.05, 3.63) is 22.1 Å². The number of hydrogen-bond donors (Lipinski definition) is 2. The topological polar surface area (TPSA) is 105 Å². The van der Waals surface area contributed by atoms with E-state index in [0.717, 1.165) is 25.8 Å². The molecule has 1 saturated carbocycles. The number of rotatable bonds is 6. The van der Waals surface area contributed by atoms with Crippen molar-refractivity contribution in [3.63, 3.8) is 0 Å². The van der Waals surface area contributed by atoms with E-state index in [0.29, 0.717) is 18.8 Å². The van der Waals surface area contributed by atoms with Crippen LogP contribution in [0.3, 0.4) is 0 Å². The average Bonchev–Trinajstić information content (AvgIpc) is 3.10. The van der Waals surface area contributed by atoms with E-state index < -0.39 is 0 Å². The third-order valence-electron chi connectivity index (χ3n) is 5.36. The summed E-state index contributed by atoms with van der Waals surface area (Å²) in [5.74, 6) is 0.203. The van der Waals surface area contributed by atoms with Gasteiger partial charge >= 0.3 is 0 Å². The van der Waals surface area contributed by atoms with Crippen LogP contribution in [0.5, 0.6) is 0 Å². The largest absolute Gasteiger partial charge is 0.369 e. The van der Waals surface area contributed by atoms with Crippen LogP contribution in [0.25, 0.3) is 0 Å². The number of hydrogen-bond acceptors (Lipinski definition) is 6. The lowest BCUT2D eigenvalue weighted by molar-refractivity contribution is -0.137. The van der Waals surface area contributed by atoms with Crippen molar-refractivity contribution in [2.45, 2.75) is 57.2 Å². The summed E-state index contributed by atoms with van der Waals surface area (Å²) in [5.41, 5.74) is 5.99. The number of carbonyl (C=O) groups is 1. The number of nitrogens with zero attached hydrogens (tertiary/aromatic N) is 3. The van der Waals surface area contributed by atoms with Crippen molar-refractivity contribution in [1.29, 1.82) is 0 Å². The van der Waals surface area contributed by atoms with Crippen molar-refractivity contribution in [1.82, 2.24) is 19.8 Å². The van der Waals surface area contributed by atoms with Gasteiger partial charge in [-0.2, -0.15) is 0 Å². The molecule has 144 valence electrons. The Morgan fingerprint density at radius 1 is 1.38 bits per heavy atom. The monoisotopic (exact) mass is 363 g/mol. The number of nitrogens with two attached hydrogens (primary N) is 1. The summed E-state index contributed by atoms with van der Waals surface area (Å²) in [7, 11) is 1.98. The van der Waals surface area contributed by atoms with Crippen LogP contribution in [0.15, 0.2) is 10.9 Å². The van der Waals surface area contributed by atoms with E-state index in [1.165, 1.54) is 25.3 Å². The summed E-state index contributed by atoms with van der Waals surface area (Å²) in [6.07, 6.45) is 7.00. The Morgan fingerprint density at radius 2 is 2.15 bits per heavy atom. The number of nitrogen functional groups attached to an aromatic ring is 1. The minimum atomic E-state index is -0.246. The minimum absolute atomic E-state index is 0.0741. The number of nitrogens with one attached hydrogen (secondary N) is 1. The number of amides is 1. The maximum atomic E-state index is 12.4. The predicted octanol–water partition coefficient (Wildman–Crippen LogP) is 0.734. The lowest BCUT2D eigenvalue weighted by atomic mass is 9.98. The Hall–Kier alpha value is -1.93. The van der Waals surface area contributed by atoms with Crippen LogP contribution in [0.2, 0.25) is 0 Å². The molecule has 0 unspecified atom stereocenters. The Kier molecular flexibility index (Phi) is 6.26. The Morgan fingerprint density at radius 3 is 2.88 bits per heavy atom. The first-order valence-electron chi connectivity index (χ1n) is 9.46. The molecule has 3 N–H and O–H groups in total. The van der Waals surface area contributed by atoms with Crippen LogP contribution in [-0.4, -0.2) is 64.6 Å². The molecule has 1 aromatic rings. The predicted molar refractivity (Wildman–Crippen MR) is 98.5 cm³/mol. The van der Waals surface area contributed by atoms with Gasteiger partial charge in [-0.1, -0.05) is 19.3 Å². The van der Waals surface area contributed by atoms with Gasteiger partial charge in [0.25, 0.3) is 5.56 Å². The molecule has 0 aromatic carbocycles. The number of ether oxygens (including phenoxy) is 1. The van der Waals surface area contributed by atoms with Gasteiger partial charge in [0.1, 0.15) is 6.61 Å². The second kappa shape index (κ2) is 8.64. The zero-order chi connectivity index (χ0) is 18.5. The maximum absolute atomic E-state index is 12.4. The molecule has 1 aromatic heterocycles. The van der Waals surface area contributed by atoms with Crippen LogP contribution in [0, 0.1) is 0 Å². The van der Waals surface area contributed by atoms with Crippen molar-refractivity contribution in [3.8, 4) is 0 Å². The van der Waals surface area contributed by atoms with Gasteiger partial charge in [0, 0.05) is 31.7 Å². The highest BCUT2D eigenvalue weighted by Gasteiger charge is 2.29. The lowest BCUT2D eigenvalue weighted by Gasteiger charge is -2.25. The van der Waals surface area contributed by atoms with Crippen molar-refractivity contribution < 1.29 is 9.53 Å². The van der Waals surface area contributed by atoms with E-state index in [9.17, 15) is 9.59 Å². The number of likely N-dealkylation sites (N-methyl/N-ethyl adjacent to an activating group) is 1. The molecule has 3 rings (SSSR count). The summed E-state index contributed by atoms with van der Waals surface area (Å²) in [6, 6.07) is 1.71. The van der Waals surface area contributed by atoms with Gasteiger partial charge in [0.15, 0.2) is 0 Å². The molecule has 0 radical (unpaired) electrons. The molecule has 8 nitrogen and oxygen atoms in total. The molecule has 26 heavy (non-hydrogen) atoms. The molecular weight excluding hydrogens is 334 g/mol. The normalized spacial score (nSPS) is 21.5. The molecule has 1 atom stereocenters. The highest BCUT2D eigenvalue weighted by molar-refractivity contribution is 5.77. The number of anilines is 1. The number of aromatic amines is 1. The quantitative estimate of drug-likeness (QED) is 0.772. The van der Waals surface area contributed by atoms with E-state index in [4.69, 9.17) is 10.5 Å². The highest BCUT2D eigenvalue weighted by atomic mass is 16.5. The molecule has 0 spiro atoms. The van der Waals surface area contributed by atoms with E-state index in [2.05, 4.69) is 14.9 Å². The summed E-state index contributed by atoms with van der Waals surface area (Å²) in [5, 5.41) is 0. The first-order chi connectivity index (χ1) is 12.5. The molecule has 8 heteroatoms. The zero-order valence-corrected chi connectivity index (χ0v) is 15.4. The summed E-state index contributed by atoms with van der Waals surface area (Å²) >= 11 is 0. The third kappa shape index (κ3) is 5.04. The fourth-order valence-corrected chi connectivity index (χ4v) is 3.83. The van der Waals surface area contributed by atoms with E-state index in [1.807, 2.05) is 11.9 Å².